The van der Waals surface area contributed by atoms with Gasteiger partial charge in [0.05, 0.1) is 5.38 Å². The SMILES string of the molecule is CC(Cl)c1nc2cccnc2n1CC1CCN(C)CC1. The number of pyridine rings is 1. The smallest absolute Gasteiger partial charge is 0.160 e. The van der Waals surface area contributed by atoms with Crippen LogP contribution in [-0.4, -0.2) is 39.6 Å². The Bertz CT molecular complexity index is 585. The Balaban J connectivity index is 1.91. The predicted molar refractivity (Wildman–Crippen MR) is 82.0 cm³/mol. The lowest BCUT2D eigenvalue weighted by atomic mass is 9.97. The van der Waals surface area contributed by atoms with Crippen LogP contribution in [-0.2, 0) is 6.54 Å². The zero-order valence-corrected chi connectivity index (χ0v) is 12.8. The van der Waals surface area contributed by atoms with Crippen LogP contribution in [0, 0.1) is 5.92 Å². The molecule has 108 valence electrons. The largest absolute Gasteiger partial charge is 0.311 e. The Morgan fingerprint density at radius 1 is 1.40 bits per heavy atom. The van der Waals surface area contributed by atoms with E-state index in [1.807, 2.05) is 25.3 Å². The van der Waals surface area contributed by atoms with Gasteiger partial charge in [0.1, 0.15) is 11.3 Å². The summed E-state index contributed by atoms with van der Waals surface area (Å²) in [4.78, 5) is 11.5. The van der Waals surface area contributed by atoms with Crippen molar-refractivity contribution in [3.05, 3.63) is 24.2 Å². The third-order valence-electron chi connectivity index (χ3n) is 4.17. The molecule has 0 aromatic carbocycles. The van der Waals surface area contributed by atoms with E-state index in [-0.39, 0.29) is 5.38 Å². The maximum absolute atomic E-state index is 6.30. The first kappa shape index (κ1) is 13.8. The fraction of sp³-hybridized carbons (Fsp3) is 0.600. The number of hydrogen-bond donors (Lipinski definition) is 0. The first-order valence-electron chi connectivity index (χ1n) is 7.29. The molecule has 1 aliphatic heterocycles. The summed E-state index contributed by atoms with van der Waals surface area (Å²) in [7, 11) is 2.19. The molecule has 5 heteroatoms. The highest BCUT2D eigenvalue weighted by Crippen LogP contribution is 2.26. The molecule has 2 aromatic heterocycles. The molecule has 2 aromatic rings. The van der Waals surface area contributed by atoms with Gasteiger partial charge >= 0.3 is 0 Å². The van der Waals surface area contributed by atoms with Gasteiger partial charge in [0.15, 0.2) is 5.65 Å². The van der Waals surface area contributed by atoms with Crippen molar-refractivity contribution in [2.45, 2.75) is 31.7 Å². The van der Waals surface area contributed by atoms with Crippen LogP contribution >= 0.6 is 11.6 Å². The second-order valence-corrected chi connectivity index (χ2v) is 6.44. The number of fused-ring (bicyclic) bond motifs is 1. The van der Waals surface area contributed by atoms with Gasteiger partial charge in [-0.1, -0.05) is 0 Å². The quantitative estimate of drug-likeness (QED) is 0.815. The molecule has 3 rings (SSSR count). The molecule has 0 amide bonds. The van der Waals surface area contributed by atoms with Crippen LogP contribution < -0.4 is 0 Å². The highest BCUT2D eigenvalue weighted by Gasteiger charge is 2.21. The summed E-state index contributed by atoms with van der Waals surface area (Å²) >= 11 is 6.30. The number of aromatic nitrogens is 3. The van der Waals surface area contributed by atoms with Gasteiger partial charge in [-0.2, -0.15) is 0 Å². The van der Waals surface area contributed by atoms with Crippen LogP contribution in [0.3, 0.4) is 0 Å². The number of imidazole rings is 1. The Kier molecular flexibility index (Phi) is 3.94. The molecule has 0 saturated carbocycles. The van der Waals surface area contributed by atoms with Crippen molar-refractivity contribution >= 4 is 22.8 Å². The molecule has 0 aliphatic carbocycles. The van der Waals surface area contributed by atoms with E-state index in [9.17, 15) is 0 Å². The molecule has 1 atom stereocenters. The number of hydrogen-bond acceptors (Lipinski definition) is 3. The minimum absolute atomic E-state index is 0.0875. The average molecular weight is 293 g/mol. The molecular weight excluding hydrogens is 272 g/mol. The third-order valence-corrected chi connectivity index (χ3v) is 4.36. The minimum atomic E-state index is -0.0875. The fourth-order valence-electron chi connectivity index (χ4n) is 2.96. The van der Waals surface area contributed by atoms with E-state index in [4.69, 9.17) is 11.6 Å². The van der Waals surface area contributed by atoms with Gasteiger partial charge in [0.25, 0.3) is 0 Å². The fourth-order valence-corrected chi connectivity index (χ4v) is 3.13. The lowest BCUT2D eigenvalue weighted by molar-refractivity contribution is 0.205. The zero-order valence-electron chi connectivity index (χ0n) is 12.1. The van der Waals surface area contributed by atoms with Crippen LogP contribution in [0.1, 0.15) is 31.0 Å². The van der Waals surface area contributed by atoms with Crippen LogP contribution in [0.5, 0.6) is 0 Å². The number of alkyl halides is 1. The van der Waals surface area contributed by atoms with Gasteiger partial charge in [-0.3, -0.25) is 0 Å². The molecule has 4 nitrogen and oxygen atoms in total. The second-order valence-electron chi connectivity index (χ2n) is 5.79. The van der Waals surface area contributed by atoms with Crippen molar-refractivity contribution in [1.82, 2.24) is 19.4 Å². The summed E-state index contributed by atoms with van der Waals surface area (Å²) in [5.74, 6) is 1.64. The van der Waals surface area contributed by atoms with Gasteiger partial charge in [0.2, 0.25) is 0 Å². The van der Waals surface area contributed by atoms with Crippen molar-refractivity contribution in [2.75, 3.05) is 20.1 Å². The predicted octanol–water partition coefficient (Wildman–Crippen LogP) is 3.07. The van der Waals surface area contributed by atoms with E-state index in [0.717, 1.165) is 23.5 Å². The number of nitrogens with zero attached hydrogens (tertiary/aromatic N) is 4. The van der Waals surface area contributed by atoms with E-state index in [2.05, 4.69) is 26.5 Å². The Morgan fingerprint density at radius 3 is 2.85 bits per heavy atom. The Morgan fingerprint density at radius 2 is 2.15 bits per heavy atom. The standard InChI is InChI=1S/C15H21ClN4/c1-11(16)14-18-13-4-3-7-17-15(13)20(14)10-12-5-8-19(2)9-6-12/h3-4,7,11-12H,5-6,8-10H2,1-2H3. The first-order chi connectivity index (χ1) is 9.65. The van der Waals surface area contributed by atoms with E-state index < -0.39 is 0 Å². The average Bonchev–Trinajstić information content (AvgIpc) is 2.81. The van der Waals surface area contributed by atoms with E-state index in [1.54, 1.807) is 0 Å². The van der Waals surface area contributed by atoms with Crippen molar-refractivity contribution in [1.29, 1.82) is 0 Å². The number of piperidine rings is 1. The van der Waals surface area contributed by atoms with Gasteiger partial charge in [-0.25, -0.2) is 9.97 Å². The molecular formula is C15H21ClN4. The summed E-state index contributed by atoms with van der Waals surface area (Å²) in [6.45, 7) is 5.31. The van der Waals surface area contributed by atoms with Crippen molar-refractivity contribution in [3.63, 3.8) is 0 Å². The molecule has 1 saturated heterocycles. The van der Waals surface area contributed by atoms with Crippen LogP contribution in [0.2, 0.25) is 0 Å². The second kappa shape index (κ2) is 5.70. The lowest BCUT2D eigenvalue weighted by Crippen LogP contribution is -2.32. The highest BCUT2D eigenvalue weighted by molar-refractivity contribution is 6.20. The molecule has 1 unspecified atom stereocenters. The normalized spacial score (nSPS) is 19.6. The molecule has 3 heterocycles. The lowest BCUT2D eigenvalue weighted by Gasteiger charge is -2.29. The molecule has 0 N–H and O–H groups in total. The van der Waals surface area contributed by atoms with Gasteiger partial charge in [0, 0.05) is 12.7 Å². The number of likely N-dealkylation sites (tertiary alicyclic amines) is 1. The maximum Gasteiger partial charge on any atom is 0.160 e. The van der Waals surface area contributed by atoms with Crippen LogP contribution in [0.15, 0.2) is 18.3 Å². The number of halogens is 1. The monoisotopic (exact) mass is 292 g/mol. The maximum atomic E-state index is 6.30. The van der Waals surface area contributed by atoms with E-state index in [1.165, 1.54) is 25.9 Å². The summed E-state index contributed by atoms with van der Waals surface area (Å²) in [5.41, 5.74) is 1.91. The van der Waals surface area contributed by atoms with Crippen LogP contribution in [0.25, 0.3) is 11.2 Å². The van der Waals surface area contributed by atoms with Crippen LogP contribution in [0.4, 0.5) is 0 Å². The molecule has 0 bridgehead atoms. The Hall–Kier alpha value is -1.13. The first-order valence-corrected chi connectivity index (χ1v) is 7.72. The molecule has 0 radical (unpaired) electrons. The topological polar surface area (TPSA) is 34.0 Å². The third kappa shape index (κ3) is 2.67. The van der Waals surface area contributed by atoms with E-state index >= 15 is 0 Å². The van der Waals surface area contributed by atoms with Crippen molar-refractivity contribution in [3.8, 4) is 0 Å². The van der Waals surface area contributed by atoms with Crippen molar-refractivity contribution < 1.29 is 0 Å². The highest BCUT2D eigenvalue weighted by atomic mass is 35.5. The number of rotatable bonds is 3. The Labute approximate surface area is 124 Å². The van der Waals surface area contributed by atoms with E-state index in [0.29, 0.717) is 5.92 Å². The van der Waals surface area contributed by atoms with Gasteiger partial charge in [-0.15, -0.1) is 11.6 Å². The van der Waals surface area contributed by atoms with Gasteiger partial charge < -0.3 is 9.47 Å². The minimum Gasteiger partial charge on any atom is -0.311 e. The molecule has 1 fully saturated rings. The molecule has 1 aliphatic rings. The molecule has 20 heavy (non-hydrogen) atoms. The summed E-state index contributed by atoms with van der Waals surface area (Å²) < 4.78 is 2.23. The summed E-state index contributed by atoms with van der Waals surface area (Å²) in [5, 5.41) is -0.0875. The van der Waals surface area contributed by atoms with Gasteiger partial charge in [-0.05, 0) is 58.0 Å². The zero-order chi connectivity index (χ0) is 14.1. The molecule has 0 spiro atoms. The summed E-state index contributed by atoms with van der Waals surface area (Å²) in [6.07, 6.45) is 4.30. The summed E-state index contributed by atoms with van der Waals surface area (Å²) in [6, 6.07) is 3.94. The van der Waals surface area contributed by atoms with Crippen molar-refractivity contribution in [2.24, 2.45) is 5.92 Å².